The van der Waals surface area contributed by atoms with Gasteiger partial charge in [0.15, 0.2) is 0 Å². The van der Waals surface area contributed by atoms with Crippen LogP contribution in [0.3, 0.4) is 0 Å². The summed E-state index contributed by atoms with van der Waals surface area (Å²) in [5.41, 5.74) is 4.77. The molecule has 1 aromatic carbocycles. The van der Waals surface area contributed by atoms with E-state index in [2.05, 4.69) is 17.5 Å². The molecule has 1 amide bonds. The molecule has 0 heterocycles. The summed E-state index contributed by atoms with van der Waals surface area (Å²) >= 11 is 0. The molecule has 0 radical (unpaired) electrons. The van der Waals surface area contributed by atoms with Crippen LogP contribution in [0.2, 0.25) is 0 Å². The predicted molar refractivity (Wildman–Crippen MR) is 86.9 cm³/mol. The van der Waals surface area contributed by atoms with Crippen LogP contribution in [-0.4, -0.2) is 18.7 Å². The number of hydrazone groups is 1. The zero-order valence-electron chi connectivity index (χ0n) is 13.3. The molecule has 0 unspecified atom stereocenters. The lowest BCUT2D eigenvalue weighted by Crippen LogP contribution is -2.25. The summed E-state index contributed by atoms with van der Waals surface area (Å²) in [6, 6.07) is 7.55. The number of rotatable bonds is 5. The first-order valence-electron chi connectivity index (χ1n) is 8.11. The number of nitrogens with one attached hydrogen (secondary N) is 1. The van der Waals surface area contributed by atoms with Crippen LogP contribution >= 0.6 is 0 Å². The Morgan fingerprint density at radius 1 is 1.27 bits per heavy atom. The number of carbonyl (C=O) groups excluding carboxylic acids is 1. The predicted octanol–water partition coefficient (Wildman–Crippen LogP) is 3.17. The van der Waals surface area contributed by atoms with Crippen molar-refractivity contribution in [3.63, 3.8) is 0 Å². The Bertz CT molecular complexity index is 565. The van der Waals surface area contributed by atoms with Gasteiger partial charge in [-0.1, -0.05) is 18.6 Å². The normalized spacial score (nSPS) is 27.0. The molecule has 1 N–H and O–H groups in total. The molecule has 4 nitrogen and oxygen atoms in total. The van der Waals surface area contributed by atoms with Crippen LogP contribution < -0.4 is 10.2 Å². The van der Waals surface area contributed by atoms with Crippen molar-refractivity contribution in [2.75, 3.05) is 7.11 Å². The smallest absolute Gasteiger partial charge is 0.244 e. The fraction of sp³-hybridized carbons (Fsp3) is 0.556. The molecule has 0 aliphatic heterocycles. The summed E-state index contributed by atoms with van der Waals surface area (Å²) in [7, 11) is 1.63. The van der Waals surface area contributed by atoms with Crippen LogP contribution in [0.1, 0.15) is 38.2 Å². The molecule has 118 valence electrons. The molecule has 2 bridgehead atoms. The van der Waals surface area contributed by atoms with Gasteiger partial charge in [-0.3, -0.25) is 4.79 Å². The average Bonchev–Trinajstić information content (AvgIpc) is 3.16. The van der Waals surface area contributed by atoms with Crippen molar-refractivity contribution < 1.29 is 9.53 Å². The lowest BCUT2D eigenvalue weighted by atomic mass is 9.86. The molecule has 3 atom stereocenters. The number of hydrogen-bond acceptors (Lipinski definition) is 3. The Balaban J connectivity index is 1.51. The van der Waals surface area contributed by atoms with Gasteiger partial charge in [-0.25, -0.2) is 5.43 Å². The SMILES string of the molecule is COc1ccc(CC(=O)N/N=C(\C)[C@H]2C[C@H]3CC[C@H]2C3)cc1. The second kappa shape index (κ2) is 6.51. The molecular formula is C18H24N2O2. The van der Waals surface area contributed by atoms with Crippen molar-refractivity contribution in [3.8, 4) is 5.75 Å². The number of methoxy groups -OCH3 is 1. The molecule has 2 fully saturated rings. The van der Waals surface area contributed by atoms with Gasteiger partial charge < -0.3 is 4.74 Å². The third-order valence-corrected chi connectivity index (χ3v) is 5.16. The van der Waals surface area contributed by atoms with Gasteiger partial charge in [0.2, 0.25) is 5.91 Å². The monoisotopic (exact) mass is 300 g/mol. The number of amides is 1. The maximum atomic E-state index is 12.0. The Kier molecular flexibility index (Phi) is 4.46. The van der Waals surface area contributed by atoms with E-state index < -0.39 is 0 Å². The van der Waals surface area contributed by atoms with Crippen LogP contribution in [0.15, 0.2) is 29.4 Å². The Morgan fingerprint density at radius 2 is 2.05 bits per heavy atom. The number of hydrogen-bond donors (Lipinski definition) is 1. The molecule has 2 aliphatic rings. The van der Waals surface area contributed by atoms with E-state index in [9.17, 15) is 4.79 Å². The fourth-order valence-corrected chi connectivity index (χ4v) is 3.96. The first-order valence-corrected chi connectivity index (χ1v) is 8.11. The van der Waals surface area contributed by atoms with Gasteiger partial charge >= 0.3 is 0 Å². The highest BCUT2D eigenvalue weighted by Crippen LogP contribution is 2.48. The maximum absolute atomic E-state index is 12.0. The zero-order valence-corrected chi connectivity index (χ0v) is 13.3. The topological polar surface area (TPSA) is 50.7 Å². The van der Waals surface area contributed by atoms with Crippen LogP contribution in [0.25, 0.3) is 0 Å². The number of carbonyl (C=O) groups is 1. The summed E-state index contributed by atoms with van der Waals surface area (Å²) in [6.45, 7) is 2.05. The van der Waals surface area contributed by atoms with E-state index in [1.807, 2.05) is 24.3 Å². The highest BCUT2D eigenvalue weighted by molar-refractivity contribution is 5.87. The van der Waals surface area contributed by atoms with Crippen LogP contribution in [0.5, 0.6) is 5.75 Å². The summed E-state index contributed by atoms with van der Waals surface area (Å²) in [5, 5.41) is 4.35. The van der Waals surface area contributed by atoms with Crippen LogP contribution in [0, 0.1) is 17.8 Å². The van der Waals surface area contributed by atoms with Gasteiger partial charge in [0.05, 0.1) is 13.5 Å². The molecule has 2 saturated carbocycles. The summed E-state index contributed by atoms with van der Waals surface area (Å²) in [4.78, 5) is 12.0. The summed E-state index contributed by atoms with van der Waals surface area (Å²) < 4.78 is 5.11. The van der Waals surface area contributed by atoms with E-state index in [0.717, 1.165) is 28.9 Å². The molecule has 4 heteroatoms. The molecule has 0 saturated heterocycles. The second-order valence-corrected chi connectivity index (χ2v) is 6.59. The van der Waals surface area contributed by atoms with Crippen molar-refractivity contribution in [3.05, 3.63) is 29.8 Å². The van der Waals surface area contributed by atoms with Gasteiger partial charge in [0, 0.05) is 11.6 Å². The Morgan fingerprint density at radius 3 is 2.64 bits per heavy atom. The van der Waals surface area contributed by atoms with Crippen molar-refractivity contribution in [1.29, 1.82) is 0 Å². The maximum Gasteiger partial charge on any atom is 0.244 e. The Labute approximate surface area is 131 Å². The minimum Gasteiger partial charge on any atom is -0.497 e. The van der Waals surface area contributed by atoms with Gasteiger partial charge in [-0.2, -0.15) is 5.10 Å². The largest absolute Gasteiger partial charge is 0.497 e. The van der Waals surface area contributed by atoms with Crippen molar-refractivity contribution >= 4 is 11.6 Å². The molecule has 0 aromatic heterocycles. The molecular weight excluding hydrogens is 276 g/mol. The minimum absolute atomic E-state index is 0.0623. The van der Waals surface area contributed by atoms with Gasteiger partial charge in [0.1, 0.15) is 5.75 Å². The highest BCUT2D eigenvalue weighted by atomic mass is 16.5. The van der Waals surface area contributed by atoms with E-state index in [4.69, 9.17) is 4.74 Å². The highest BCUT2D eigenvalue weighted by Gasteiger charge is 2.40. The average molecular weight is 300 g/mol. The molecule has 0 spiro atoms. The van der Waals surface area contributed by atoms with Crippen molar-refractivity contribution in [2.45, 2.75) is 39.0 Å². The number of fused-ring (bicyclic) bond motifs is 2. The molecule has 2 aliphatic carbocycles. The second-order valence-electron chi connectivity index (χ2n) is 6.59. The van der Waals surface area contributed by atoms with Gasteiger partial charge in [-0.15, -0.1) is 0 Å². The standard InChI is InChI=1S/C18H24N2O2/c1-12(17-10-14-3-6-15(17)9-14)19-20-18(21)11-13-4-7-16(22-2)8-5-13/h4-5,7-8,14-15,17H,3,6,9-11H2,1-2H3,(H,20,21)/b19-12+/t14-,15-,17+/m0/s1. The van der Waals surface area contributed by atoms with Crippen LogP contribution in [0.4, 0.5) is 0 Å². The lowest BCUT2D eigenvalue weighted by molar-refractivity contribution is -0.120. The molecule has 3 rings (SSSR count). The van der Waals surface area contributed by atoms with Gasteiger partial charge in [0.25, 0.3) is 0 Å². The number of nitrogens with zero attached hydrogens (tertiary/aromatic N) is 1. The van der Waals surface area contributed by atoms with E-state index in [0.29, 0.717) is 12.3 Å². The summed E-state index contributed by atoms with van der Waals surface area (Å²) in [6.07, 6.45) is 5.68. The third-order valence-electron chi connectivity index (χ3n) is 5.16. The first kappa shape index (κ1) is 15.1. The molecule has 22 heavy (non-hydrogen) atoms. The Hall–Kier alpha value is -1.84. The molecule has 1 aromatic rings. The lowest BCUT2D eigenvalue weighted by Gasteiger charge is -2.21. The zero-order chi connectivity index (χ0) is 15.5. The van der Waals surface area contributed by atoms with E-state index in [1.54, 1.807) is 7.11 Å². The minimum atomic E-state index is -0.0623. The van der Waals surface area contributed by atoms with Gasteiger partial charge in [-0.05, 0) is 55.7 Å². The van der Waals surface area contributed by atoms with Crippen molar-refractivity contribution in [2.24, 2.45) is 22.9 Å². The van der Waals surface area contributed by atoms with Crippen molar-refractivity contribution in [1.82, 2.24) is 5.43 Å². The summed E-state index contributed by atoms with van der Waals surface area (Å²) in [5.74, 6) is 3.02. The van der Waals surface area contributed by atoms with E-state index in [1.165, 1.54) is 25.7 Å². The fourth-order valence-electron chi connectivity index (χ4n) is 3.96. The van der Waals surface area contributed by atoms with E-state index >= 15 is 0 Å². The third kappa shape index (κ3) is 3.32. The number of ether oxygens (including phenoxy) is 1. The van der Waals surface area contributed by atoms with Crippen LogP contribution in [-0.2, 0) is 11.2 Å². The quantitative estimate of drug-likeness (QED) is 0.671. The first-order chi connectivity index (χ1) is 10.7. The number of benzene rings is 1. The van der Waals surface area contributed by atoms with E-state index in [-0.39, 0.29) is 5.91 Å².